The van der Waals surface area contributed by atoms with Gasteiger partial charge >= 0.3 is 0 Å². The first-order valence-corrected chi connectivity index (χ1v) is 7.20. The Morgan fingerprint density at radius 2 is 2.24 bits per heavy atom. The zero-order chi connectivity index (χ0) is 15.0. The quantitative estimate of drug-likeness (QED) is 0.513. The topological polar surface area (TPSA) is 111 Å². The van der Waals surface area contributed by atoms with Crippen LogP contribution >= 0.6 is 11.3 Å². The summed E-state index contributed by atoms with van der Waals surface area (Å²) < 4.78 is 0. The summed E-state index contributed by atoms with van der Waals surface area (Å²) in [6, 6.07) is 3.92. The average molecular weight is 304 g/mol. The Kier molecular flexibility index (Phi) is 3.30. The van der Waals surface area contributed by atoms with Gasteiger partial charge in [-0.3, -0.25) is 20.2 Å². The second-order valence-electron chi connectivity index (χ2n) is 4.73. The lowest BCUT2D eigenvalue weighted by Gasteiger charge is -2.04. The van der Waals surface area contributed by atoms with Crippen LogP contribution < -0.4 is 11.1 Å². The van der Waals surface area contributed by atoms with Crippen LogP contribution in [-0.2, 0) is 12.8 Å². The predicted molar refractivity (Wildman–Crippen MR) is 79.6 cm³/mol. The third-order valence-electron chi connectivity index (χ3n) is 3.28. The molecule has 8 heteroatoms. The fourth-order valence-corrected chi connectivity index (χ4v) is 3.35. The summed E-state index contributed by atoms with van der Waals surface area (Å²) >= 11 is 1.42. The summed E-state index contributed by atoms with van der Waals surface area (Å²) in [5, 5.41) is 14.1. The maximum absolute atomic E-state index is 12.2. The number of nitro benzene ring substituents is 1. The number of carbonyl (C=O) groups is 1. The maximum atomic E-state index is 12.2. The first kappa shape index (κ1) is 13.5. The number of nitrogens with two attached hydrogens (primary N) is 1. The molecule has 0 atom stereocenters. The SMILES string of the molecule is Nc1ccc([N+](=O)[O-])c(C(=O)Nc2nc3c(s2)CCC3)c1. The lowest BCUT2D eigenvalue weighted by atomic mass is 10.1. The molecule has 0 fully saturated rings. The molecule has 0 unspecified atom stereocenters. The normalized spacial score (nSPS) is 13.0. The number of aryl methyl sites for hydroxylation is 2. The third-order valence-corrected chi connectivity index (χ3v) is 4.35. The van der Waals surface area contributed by atoms with Crippen molar-refractivity contribution in [3.63, 3.8) is 0 Å². The number of benzene rings is 1. The van der Waals surface area contributed by atoms with E-state index < -0.39 is 10.8 Å². The molecule has 108 valence electrons. The molecule has 0 saturated heterocycles. The molecule has 1 aliphatic carbocycles. The Bertz CT molecular complexity index is 720. The summed E-state index contributed by atoms with van der Waals surface area (Å²) in [6.45, 7) is 0. The number of fused-ring (bicyclic) bond motifs is 1. The lowest BCUT2D eigenvalue weighted by molar-refractivity contribution is -0.385. The molecule has 1 heterocycles. The predicted octanol–water partition coefficient (Wildman–Crippen LogP) is 2.37. The summed E-state index contributed by atoms with van der Waals surface area (Å²) in [4.78, 5) is 28.1. The number of amides is 1. The van der Waals surface area contributed by atoms with Crippen molar-refractivity contribution in [1.29, 1.82) is 0 Å². The highest BCUT2D eigenvalue weighted by molar-refractivity contribution is 7.16. The smallest absolute Gasteiger partial charge is 0.282 e. The number of nitro groups is 1. The van der Waals surface area contributed by atoms with Crippen molar-refractivity contribution in [2.24, 2.45) is 0 Å². The van der Waals surface area contributed by atoms with Gasteiger partial charge in [-0.15, -0.1) is 11.3 Å². The fourth-order valence-electron chi connectivity index (χ4n) is 2.30. The molecule has 1 aromatic heterocycles. The number of aromatic nitrogens is 1. The van der Waals surface area contributed by atoms with Gasteiger partial charge < -0.3 is 5.73 Å². The van der Waals surface area contributed by atoms with Gasteiger partial charge in [0.1, 0.15) is 5.56 Å². The Balaban J connectivity index is 1.87. The second kappa shape index (κ2) is 5.13. The van der Waals surface area contributed by atoms with Crippen LogP contribution in [-0.4, -0.2) is 15.8 Å². The number of thiazole rings is 1. The molecule has 7 nitrogen and oxygen atoms in total. The van der Waals surface area contributed by atoms with E-state index >= 15 is 0 Å². The van der Waals surface area contributed by atoms with Crippen LogP contribution in [0.5, 0.6) is 0 Å². The molecular formula is C13H12N4O3S. The van der Waals surface area contributed by atoms with E-state index in [0.717, 1.165) is 25.0 Å². The van der Waals surface area contributed by atoms with Crippen molar-refractivity contribution in [2.45, 2.75) is 19.3 Å². The number of anilines is 2. The minimum Gasteiger partial charge on any atom is -0.399 e. The summed E-state index contributed by atoms with van der Waals surface area (Å²) in [5.41, 5.74) is 6.58. The van der Waals surface area contributed by atoms with Gasteiger partial charge in [-0.2, -0.15) is 0 Å². The number of hydrogen-bond donors (Lipinski definition) is 2. The highest BCUT2D eigenvalue weighted by Gasteiger charge is 2.23. The van der Waals surface area contributed by atoms with Gasteiger partial charge in [0.25, 0.3) is 11.6 Å². The van der Waals surface area contributed by atoms with Crippen molar-refractivity contribution in [2.75, 3.05) is 11.1 Å². The van der Waals surface area contributed by atoms with Crippen LogP contribution in [0, 0.1) is 10.1 Å². The molecule has 1 amide bonds. The molecule has 1 aromatic carbocycles. The van der Waals surface area contributed by atoms with Crippen LogP contribution in [0.15, 0.2) is 18.2 Å². The van der Waals surface area contributed by atoms with E-state index in [0.29, 0.717) is 10.8 Å². The molecule has 3 rings (SSSR count). The summed E-state index contributed by atoms with van der Waals surface area (Å²) in [5.74, 6) is -0.568. The molecule has 0 radical (unpaired) electrons. The number of nitrogens with zero attached hydrogens (tertiary/aromatic N) is 2. The van der Waals surface area contributed by atoms with Crippen LogP contribution in [0.3, 0.4) is 0 Å². The summed E-state index contributed by atoms with van der Waals surface area (Å²) in [7, 11) is 0. The number of nitrogens with one attached hydrogen (secondary N) is 1. The number of hydrogen-bond acceptors (Lipinski definition) is 6. The van der Waals surface area contributed by atoms with Crippen molar-refractivity contribution in [1.82, 2.24) is 4.98 Å². The van der Waals surface area contributed by atoms with Crippen molar-refractivity contribution < 1.29 is 9.72 Å². The first-order chi connectivity index (χ1) is 10.0. The van der Waals surface area contributed by atoms with E-state index in [1.165, 1.54) is 34.4 Å². The molecule has 3 N–H and O–H groups in total. The maximum Gasteiger partial charge on any atom is 0.282 e. The third kappa shape index (κ3) is 2.57. The van der Waals surface area contributed by atoms with Gasteiger partial charge in [0, 0.05) is 16.6 Å². The van der Waals surface area contributed by atoms with Gasteiger partial charge in [0.05, 0.1) is 10.6 Å². The van der Waals surface area contributed by atoms with Crippen LogP contribution in [0.1, 0.15) is 27.3 Å². The van der Waals surface area contributed by atoms with Gasteiger partial charge in [-0.25, -0.2) is 4.98 Å². The van der Waals surface area contributed by atoms with E-state index in [2.05, 4.69) is 10.3 Å². The number of carbonyl (C=O) groups excluding carboxylic acids is 1. The van der Waals surface area contributed by atoms with Crippen molar-refractivity contribution in [3.05, 3.63) is 44.4 Å². The number of rotatable bonds is 3. The number of nitrogen functional groups attached to an aromatic ring is 1. The molecule has 2 aromatic rings. The van der Waals surface area contributed by atoms with E-state index in [1.54, 1.807) is 0 Å². The Hall–Kier alpha value is -2.48. The van der Waals surface area contributed by atoms with E-state index in [1.807, 2.05) is 0 Å². The second-order valence-corrected chi connectivity index (χ2v) is 5.81. The van der Waals surface area contributed by atoms with Crippen LogP contribution in [0.4, 0.5) is 16.5 Å². The monoisotopic (exact) mass is 304 g/mol. The zero-order valence-electron chi connectivity index (χ0n) is 11.0. The lowest BCUT2D eigenvalue weighted by Crippen LogP contribution is -2.14. The van der Waals surface area contributed by atoms with E-state index in [-0.39, 0.29) is 11.3 Å². The van der Waals surface area contributed by atoms with Crippen molar-refractivity contribution >= 4 is 33.8 Å². The molecular weight excluding hydrogens is 292 g/mol. The standard InChI is InChI=1S/C13H12N4O3S/c14-7-4-5-10(17(19)20)8(6-7)12(18)16-13-15-9-2-1-3-11(9)21-13/h4-6H,1-3,14H2,(H,15,16,18). The van der Waals surface area contributed by atoms with E-state index in [4.69, 9.17) is 5.73 Å². The largest absolute Gasteiger partial charge is 0.399 e. The zero-order valence-corrected chi connectivity index (χ0v) is 11.8. The fraction of sp³-hybridized carbons (Fsp3) is 0.231. The Morgan fingerprint density at radius 3 is 2.95 bits per heavy atom. The van der Waals surface area contributed by atoms with Gasteiger partial charge in [0.2, 0.25) is 0 Å². The minimum atomic E-state index is -0.601. The molecule has 0 spiro atoms. The van der Waals surface area contributed by atoms with Gasteiger partial charge in [0.15, 0.2) is 5.13 Å². The Labute approximate surface area is 124 Å². The average Bonchev–Trinajstić information content (AvgIpc) is 2.99. The highest BCUT2D eigenvalue weighted by Crippen LogP contribution is 2.31. The molecule has 1 aliphatic rings. The van der Waals surface area contributed by atoms with E-state index in [9.17, 15) is 14.9 Å². The molecule has 0 aliphatic heterocycles. The summed E-state index contributed by atoms with van der Waals surface area (Å²) in [6.07, 6.45) is 2.98. The van der Waals surface area contributed by atoms with Gasteiger partial charge in [-0.05, 0) is 31.4 Å². The van der Waals surface area contributed by atoms with Crippen molar-refractivity contribution in [3.8, 4) is 0 Å². The molecule has 0 bridgehead atoms. The molecule has 0 saturated carbocycles. The van der Waals surface area contributed by atoms with Gasteiger partial charge in [-0.1, -0.05) is 0 Å². The first-order valence-electron chi connectivity index (χ1n) is 6.38. The van der Waals surface area contributed by atoms with Crippen LogP contribution in [0.25, 0.3) is 0 Å². The highest BCUT2D eigenvalue weighted by atomic mass is 32.1. The minimum absolute atomic E-state index is 0.0599. The van der Waals surface area contributed by atoms with Crippen LogP contribution in [0.2, 0.25) is 0 Å². The Morgan fingerprint density at radius 1 is 1.43 bits per heavy atom. The molecule has 21 heavy (non-hydrogen) atoms.